The zero-order valence-electron chi connectivity index (χ0n) is 19.3. The first-order valence-electron chi connectivity index (χ1n) is 11.4. The lowest BCUT2D eigenvalue weighted by atomic mass is 9.84. The van der Waals surface area contributed by atoms with Gasteiger partial charge in [-0.05, 0) is 70.3 Å². The number of carboxylic acid groups (broad SMARTS) is 1. The lowest BCUT2D eigenvalue weighted by Gasteiger charge is -2.23. The molecule has 0 saturated heterocycles. The van der Waals surface area contributed by atoms with Crippen LogP contribution < -0.4 is 0 Å². The molecule has 0 heterocycles. The van der Waals surface area contributed by atoms with Crippen molar-refractivity contribution in [2.75, 3.05) is 0 Å². The molecule has 0 amide bonds. The summed E-state index contributed by atoms with van der Waals surface area (Å²) in [6, 6.07) is 20.1. The zero-order valence-corrected chi connectivity index (χ0v) is 19.3. The summed E-state index contributed by atoms with van der Waals surface area (Å²) in [6.45, 7) is 4.10. The topological polar surface area (TPSA) is 77.8 Å². The third-order valence-electron chi connectivity index (χ3n) is 5.98. The number of aliphatic hydroxyl groups excluding tert-OH is 2. The Morgan fingerprint density at radius 3 is 2.12 bits per heavy atom. The van der Waals surface area contributed by atoms with Crippen molar-refractivity contribution in [2.24, 2.45) is 0 Å². The molecule has 0 spiro atoms. The predicted molar refractivity (Wildman–Crippen MR) is 129 cm³/mol. The first kappa shape index (κ1) is 25.5. The fourth-order valence-corrected chi connectivity index (χ4v) is 4.17. The number of alkyl halides is 1. The number of aliphatic carboxylic acids is 1. The molecule has 0 saturated carbocycles. The van der Waals surface area contributed by atoms with E-state index in [4.69, 9.17) is 5.11 Å². The molecule has 4 nitrogen and oxygen atoms in total. The lowest BCUT2D eigenvalue weighted by Crippen LogP contribution is -2.35. The second-order valence-electron chi connectivity index (χ2n) is 8.83. The second-order valence-corrected chi connectivity index (χ2v) is 8.83. The van der Waals surface area contributed by atoms with Gasteiger partial charge in [-0.25, -0.2) is 8.78 Å². The Bertz CT molecular complexity index is 1100. The van der Waals surface area contributed by atoms with Gasteiger partial charge in [0, 0.05) is 0 Å². The molecule has 3 rings (SSSR count). The maximum Gasteiger partial charge on any atom is 0.306 e. The Hall–Kier alpha value is -3.09. The Morgan fingerprint density at radius 1 is 0.882 bits per heavy atom. The number of hydrogen-bond acceptors (Lipinski definition) is 3. The summed E-state index contributed by atoms with van der Waals surface area (Å²) < 4.78 is 28.1. The number of hydrogen-bond donors (Lipinski definition) is 3. The Morgan fingerprint density at radius 2 is 1.53 bits per heavy atom. The predicted octanol–water partition coefficient (Wildman–Crippen LogP) is 5.75. The van der Waals surface area contributed by atoms with Gasteiger partial charge in [-0.15, -0.1) is 0 Å². The van der Waals surface area contributed by atoms with Crippen LogP contribution in [0, 0.1) is 5.82 Å². The summed E-state index contributed by atoms with van der Waals surface area (Å²) in [4.78, 5) is 10.8. The van der Waals surface area contributed by atoms with E-state index >= 15 is 0 Å². The monoisotopic (exact) mass is 468 g/mol. The Kier molecular flexibility index (Phi) is 8.53. The molecule has 0 bridgehead atoms. The van der Waals surface area contributed by atoms with Gasteiger partial charge in [0.2, 0.25) is 0 Å². The minimum absolute atomic E-state index is 0.00353. The van der Waals surface area contributed by atoms with E-state index in [0.717, 1.165) is 33.4 Å². The highest BCUT2D eigenvalue weighted by Gasteiger charge is 2.29. The molecule has 6 heteroatoms. The first-order valence-corrected chi connectivity index (χ1v) is 11.4. The van der Waals surface area contributed by atoms with Crippen LogP contribution in [0.3, 0.4) is 0 Å². The van der Waals surface area contributed by atoms with E-state index in [9.17, 15) is 23.8 Å². The fourth-order valence-electron chi connectivity index (χ4n) is 4.17. The van der Waals surface area contributed by atoms with Crippen molar-refractivity contribution in [1.29, 1.82) is 0 Å². The number of rotatable bonds is 10. The molecule has 34 heavy (non-hydrogen) atoms. The van der Waals surface area contributed by atoms with Crippen LogP contribution in [-0.4, -0.2) is 39.7 Å². The van der Waals surface area contributed by atoms with Crippen LogP contribution >= 0.6 is 0 Å². The third kappa shape index (κ3) is 6.27. The molecule has 3 aromatic rings. The van der Waals surface area contributed by atoms with Crippen LogP contribution in [0.15, 0.2) is 66.7 Å². The van der Waals surface area contributed by atoms with Gasteiger partial charge >= 0.3 is 5.97 Å². The smallest absolute Gasteiger partial charge is 0.306 e. The molecule has 3 aromatic carbocycles. The zero-order chi connectivity index (χ0) is 24.8. The minimum atomic E-state index is -2.07. The minimum Gasteiger partial charge on any atom is -0.481 e. The van der Waals surface area contributed by atoms with E-state index in [0.29, 0.717) is 6.42 Å². The first-order chi connectivity index (χ1) is 16.2. The van der Waals surface area contributed by atoms with E-state index in [2.05, 4.69) is 6.07 Å². The van der Waals surface area contributed by atoms with Crippen LogP contribution in [0.4, 0.5) is 8.78 Å². The fraction of sp³-hybridized carbons (Fsp3) is 0.321. The van der Waals surface area contributed by atoms with Crippen molar-refractivity contribution in [3.63, 3.8) is 0 Å². The van der Waals surface area contributed by atoms with Crippen molar-refractivity contribution >= 4 is 5.97 Å². The Balaban J connectivity index is 2.02. The average Bonchev–Trinajstić information content (AvgIpc) is 2.82. The molecular weight excluding hydrogens is 438 g/mol. The standard InChI is InChI=1S/C28H30F2O4/c1-17(2)23-14-20(18-6-4-3-5-7-18)15-24(19-8-10-21(29)11-9-19)22(23)12-13-25(31)28(30)26(32)16-27(33)34/h3-11,14-15,17,25-26,28,31-32H,12-13,16H2,1-2H3,(H,33,34)/t25-,26+,28+/m1/s1. The highest BCUT2D eigenvalue weighted by atomic mass is 19.1. The van der Waals surface area contributed by atoms with Crippen molar-refractivity contribution in [2.45, 2.75) is 57.4 Å². The Labute approximate surface area is 198 Å². The molecule has 3 atom stereocenters. The normalized spacial score (nSPS) is 14.1. The van der Waals surface area contributed by atoms with Crippen LogP contribution in [0.25, 0.3) is 22.3 Å². The number of benzene rings is 3. The molecular formula is C28H30F2O4. The van der Waals surface area contributed by atoms with Crippen LogP contribution in [0.2, 0.25) is 0 Å². The van der Waals surface area contributed by atoms with Gasteiger partial charge in [-0.1, -0.05) is 62.4 Å². The third-order valence-corrected chi connectivity index (χ3v) is 5.98. The second kappa shape index (κ2) is 11.4. The van der Waals surface area contributed by atoms with Gasteiger partial charge in [0.05, 0.1) is 18.6 Å². The highest BCUT2D eigenvalue weighted by molar-refractivity contribution is 5.77. The van der Waals surface area contributed by atoms with E-state index in [1.165, 1.54) is 12.1 Å². The number of carboxylic acids is 1. The maximum atomic E-state index is 14.5. The summed E-state index contributed by atoms with van der Waals surface area (Å²) >= 11 is 0. The highest BCUT2D eigenvalue weighted by Crippen LogP contribution is 2.37. The van der Waals surface area contributed by atoms with E-state index in [1.54, 1.807) is 12.1 Å². The van der Waals surface area contributed by atoms with Crippen molar-refractivity contribution < 1.29 is 28.9 Å². The van der Waals surface area contributed by atoms with Crippen LogP contribution in [0.1, 0.15) is 43.7 Å². The SMILES string of the molecule is CC(C)c1cc(-c2ccccc2)cc(-c2ccc(F)cc2)c1CC[C@@H](O)[C@H](F)[C@@H](O)CC(=O)O. The summed E-state index contributed by atoms with van der Waals surface area (Å²) in [7, 11) is 0. The quantitative estimate of drug-likeness (QED) is 0.354. The molecule has 0 unspecified atom stereocenters. The number of aliphatic hydroxyl groups is 2. The summed E-state index contributed by atoms with van der Waals surface area (Å²) in [6.07, 6.45) is -5.86. The van der Waals surface area contributed by atoms with Crippen LogP contribution in [0.5, 0.6) is 0 Å². The summed E-state index contributed by atoms with van der Waals surface area (Å²) in [5, 5.41) is 28.9. The molecule has 180 valence electrons. The average molecular weight is 469 g/mol. The molecule has 0 aliphatic heterocycles. The molecule has 0 aliphatic carbocycles. The summed E-state index contributed by atoms with van der Waals surface area (Å²) in [5.74, 6) is -1.56. The van der Waals surface area contributed by atoms with Crippen molar-refractivity contribution in [1.82, 2.24) is 0 Å². The van der Waals surface area contributed by atoms with Crippen molar-refractivity contribution in [3.05, 3.63) is 83.7 Å². The molecule has 0 fully saturated rings. The van der Waals surface area contributed by atoms with Gasteiger partial charge in [-0.2, -0.15) is 0 Å². The van der Waals surface area contributed by atoms with Crippen molar-refractivity contribution in [3.8, 4) is 22.3 Å². The van der Waals surface area contributed by atoms with Crippen LogP contribution in [-0.2, 0) is 11.2 Å². The number of halogens is 2. The van der Waals surface area contributed by atoms with E-state index < -0.39 is 30.8 Å². The van der Waals surface area contributed by atoms with Gasteiger partial charge < -0.3 is 15.3 Å². The molecule has 0 aliphatic rings. The molecule has 0 radical (unpaired) electrons. The number of carbonyl (C=O) groups is 1. The maximum absolute atomic E-state index is 14.5. The van der Waals surface area contributed by atoms with Gasteiger partial charge in [-0.3, -0.25) is 4.79 Å². The lowest BCUT2D eigenvalue weighted by molar-refractivity contribution is -0.141. The van der Waals surface area contributed by atoms with Gasteiger partial charge in [0.1, 0.15) is 5.82 Å². The summed E-state index contributed by atoms with van der Waals surface area (Å²) in [5.41, 5.74) is 5.61. The molecule has 0 aromatic heterocycles. The van der Waals surface area contributed by atoms with Gasteiger partial charge in [0.15, 0.2) is 6.17 Å². The van der Waals surface area contributed by atoms with Gasteiger partial charge in [0.25, 0.3) is 0 Å². The van der Waals surface area contributed by atoms with E-state index in [1.807, 2.05) is 50.2 Å². The molecule has 3 N–H and O–H groups in total. The van der Waals surface area contributed by atoms with E-state index in [-0.39, 0.29) is 18.2 Å². The largest absolute Gasteiger partial charge is 0.481 e.